The Morgan fingerprint density at radius 3 is 2.33 bits per heavy atom. The number of carbonyl (C=O) groups excluding carboxylic acids is 2. The molecule has 2 N–H and O–H groups in total. The molecule has 24 heavy (non-hydrogen) atoms. The van der Waals surface area contributed by atoms with Crippen molar-refractivity contribution in [3.05, 3.63) is 30.0 Å². The number of hydrogen-bond donors (Lipinski definition) is 2. The Bertz CT molecular complexity index is 689. The van der Waals surface area contributed by atoms with Gasteiger partial charge in [-0.3, -0.25) is 0 Å². The van der Waals surface area contributed by atoms with Crippen LogP contribution in [0.5, 0.6) is 11.5 Å². The van der Waals surface area contributed by atoms with Gasteiger partial charge in [-0.2, -0.15) is 0 Å². The maximum atomic E-state index is 12.2. The molecule has 0 unspecified atom stereocenters. The van der Waals surface area contributed by atoms with Crippen LogP contribution < -0.4 is 10.1 Å². The number of phenols is 1. The van der Waals surface area contributed by atoms with Crippen molar-refractivity contribution >= 4 is 17.6 Å². The maximum absolute atomic E-state index is 12.2. The molecular formula is C14H12F3NO6. The Kier molecular flexibility index (Phi) is 4.32. The summed E-state index contributed by atoms with van der Waals surface area (Å²) in [4.78, 5) is 23.4. The molecule has 0 aliphatic carbocycles. The number of aromatic hydroxyl groups is 1. The van der Waals surface area contributed by atoms with Gasteiger partial charge in [-0.05, 0) is 12.1 Å². The second-order valence-corrected chi connectivity index (χ2v) is 5.11. The van der Waals surface area contributed by atoms with Crippen molar-refractivity contribution < 1.29 is 42.1 Å². The van der Waals surface area contributed by atoms with Crippen molar-refractivity contribution in [1.82, 2.24) is 0 Å². The van der Waals surface area contributed by atoms with Crippen LogP contribution in [0.2, 0.25) is 0 Å². The molecule has 1 saturated heterocycles. The molecule has 130 valence electrons. The van der Waals surface area contributed by atoms with Crippen LogP contribution in [0, 0.1) is 0 Å². The van der Waals surface area contributed by atoms with E-state index in [1.54, 1.807) is 0 Å². The number of rotatable bonds is 3. The van der Waals surface area contributed by atoms with Crippen LogP contribution in [-0.2, 0) is 19.1 Å². The zero-order valence-electron chi connectivity index (χ0n) is 12.4. The Morgan fingerprint density at radius 2 is 1.79 bits per heavy atom. The van der Waals surface area contributed by atoms with Crippen LogP contribution >= 0.6 is 0 Å². The fraction of sp³-hybridized carbons (Fsp3) is 0.286. The molecule has 2 rings (SSSR count). The van der Waals surface area contributed by atoms with E-state index in [9.17, 15) is 27.9 Å². The quantitative estimate of drug-likeness (QED) is 0.375. The van der Waals surface area contributed by atoms with E-state index in [1.165, 1.54) is 13.8 Å². The second kappa shape index (κ2) is 5.95. The number of carbonyl (C=O) groups is 2. The molecule has 10 heteroatoms. The number of alkyl halides is 3. The topological polar surface area (TPSA) is 94.1 Å². The Labute approximate surface area is 133 Å². The molecule has 0 amide bonds. The van der Waals surface area contributed by atoms with E-state index in [2.05, 4.69) is 10.1 Å². The van der Waals surface area contributed by atoms with Crippen LogP contribution in [0.3, 0.4) is 0 Å². The van der Waals surface area contributed by atoms with E-state index >= 15 is 0 Å². The summed E-state index contributed by atoms with van der Waals surface area (Å²) < 4.78 is 49.9. The highest BCUT2D eigenvalue weighted by atomic mass is 19.4. The Morgan fingerprint density at radius 1 is 1.21 bits per heavy atom. The smallest absolute Gasteiger partial charge is 0.506 e. The van der Waals surface area contributed by atoms with E-state index in [0.29, 0.717) is 0 Å². The summed E-state index contributed by atoms with van der Waals surface area (Å²) in [5.74, 6) is -4.42. The third-order valence-corrected chi connectivity index (χ3v) is 2.69. The van der Waals surface area contributed by atoms with Crippen molar-refractivity contribution in [3.8, 4) is 11.5 Å². The minimum Gasteiger partial charge on any atom is -0.506 e. The molecule has 0 spiro atoms. The number of ether oxygens (including phenoxy) is 3. The molecule has 0 bridgehead atoms. The van der Waals surface area contributed by atoms with Crippen molar-refractivity contribution in [2.75, 3.05) is 5.32 Å². The van der Waals surface area contributed by atoms with Crippen LogP contribution in [0.4, 0.5) is 18.9 Å². The van der Waals surface area contributed by atoms with Gasteiger partial charge in [-0.1, -0.05) is 0 Å². The van der Waals surface area contributed by atoms with E-state index in [4.69, 9.17) is 9.47 Å². The lowest BCUT2D eigenvalue weighted by Crippen LogP contribution is -2.42. The Hall–Kier alpha value is -2.91. The highest BCUT2D eigenvalue weighted by Crippen LogP contribution is 2.31. The summed E-state index contributed by atoms with van der Waals surface area (Å²) in [6.45, 7) is 2.72. The number of esters is 2. The first-order valence-corrected chi connectivity index (χ1v) is 6.49. The number of anilines is 1. The van der Waals surface area contributed by atoms with Crippen LogP contribution in [0.1, 0.15) is 13.8 Å². The van der Waals surface area contributed by atoms with E-state index < -0.39 is 41.2 Å². The van der Waals surface area contributed by atoms with Gasteiger partial charge < -0.3 is 24.6 Å². The summed E-state index contributed by atoms with van der Waals surface area (Å²) in [5, 5.41) is 12.0. The first-order valence-electron chi connectivity index (χ1n) is 6.49. The van der Waals surface area contributed by atoms with Gasteiger partial charge in [0.2, 0.25) is 0 Å². The molecule has 0 radical (unpaired) electrons. The number of phenolic OH excluding ortho intramolecular Hbond substituents is 1. The summed E-state index contributed by atoms with van der Waals surface area (Å²) in [7, 11) is 0. The van der Waals surface area contributed by atoms with Crippen LogP contribution in [-0.4, -0.2) is 29.2 Å². The highest BCUT2D eigenvalue weighted by molar-refractivity contribution is 6.15. The Balaban J connectivity index is 2.20. The SMILES string of the molecule is CC1(C)OC(=O)C(=CNc2cc(OC(F)(F)F)ccc2O)C(=O)O1. The van der Waals surface area contributed by atoms with Gasteiger partial charge in [0.15, 0.2) is 5.57 Å². The standard InChI is InChI=1S/C14H12F3NO6/c1-13(2)23-11(20)8(12(21)24-13)6-18-9-5-7(3-4-10(9)19)22-14(15,16)17/h3-6,18-19H,1-2H3. The molecule has 0 aromatic heterocycles. The molecule has 0 atom stereocenters. The maximum Gasteiger partial charge on any atom is 0.573 e. The third-order valence-electron chi connectivity index (χ3n) is 2.69. The summed E-state index contributed by atoms with van der Waals surface area (Å²) in [6, 6.07) is 2.68. The average molecular weight is 347 g/mol. The largest absolute Gasteiger partial charge is 0.573 e. The summed E-state index contributed by atoms with van der Waals surface area (Å²) >= 11 is 0. The van der Waals surface area contributed by atoms with Gasteiger partial charge in [0, 0.05) is 26.1 Å². The van der Waals surface area contributed by atoms with Crippen molar-refractivity contribution in [3.63, 3.8) is 0 Å². The number of benzene rings is 1. The van der Waals surface area contributed by atoms with Crippen molar-refractivity contribution in [2.24, 2.45) is 0 Å². The molecule has 1 aliphatic heterocycles. The predicted octanol–water partition coefficient (Wildman–Crippen LogP) is 2.42. The average Bonchev–Trinajstić information content (AvgIpc) is 2.38. The lowest BCUT2D eigenvalue weighted by molar-refractivity contribution is -0.274. The summed E-state index contributed by atoms with van der Waals surface area (Å²) in [6.07, 6.45) is -4.05. The predicted molar refractivity (Wildman–Crippen MR) is 72.8 cm³/mol. The highest BCUT2D eigenvalue weighted by Gasteiger charge is 2.39. The zero-order chi connectivity index (χ0) is 18.1. The lowest BCUT2D eigenvalue weighted by atomic mass is 10.2. The van der Waals surface area contributed by atoms with Crippen molar-refractivity contribution in [2.45, 2.75) is 26.0 Å². The fourth-order valence-corrected chi connectivity index (χ4v) is 1.76. The van der Waals surface area contributed by atoms with Crippen LogP contribution in [0.15, 0.2) is 30.0 Å². The molecule has 1 fully saturated rings. The monoisotopic (exact) mass is 347 g/mol. The summed E-state index contributed by atoms with van der Waals surface area (Å²) in [5.41, 5.74) is -0.745. The molecule has 0 saturated carbocycles. The van der Waals surface area contributed by atoms with Gasteiger partial charge >= 0.3 is 18.3 Å². The van der Waals surface area contributed by atoms with Gasteiger partial charge in [-0.15, -0.1) is 13.2 Å². The minimum atomic E-state index is -4.91. The molecule has 1 aromatic rings. The van der Waals surface area contributed by atoms with Gasteiger partial charge in [0.1, 0.15) is 11.5 Å². The molecule has 1 aromatic carbocycles. The fourth-order valence-electron chi connectivity index (χ4n) is 1.76. The third kappa shape index (κ3) is 4.31. The van der Waals surface area contributed by atoms with Gasteiger partial charge in [0.25, 0.3) is 5.79 Å². The first kappa shape index (κ1) is 17.4. The van der Waals surface area contributed by atoms with Gasteiger partial charge in [-0.25, -0.2) is 9.59 Å². The van der Waals surface area contributed by atoms with Gasteiger partial charge in [0.05, 0.1) is 5.69 Å². The zero-order valence-corrected chi connectivity index (χ0v) is 12.4. The number of nitrogens with one attached hydrogen (secondary N) is 1. The van der Waals surface area contributed by atoms with E-state index in [1.807, 2.05) is 0 Å². The number of cyclic esters (lactones) is 2. The first-order chi connectivity index (χ1) is 11.0. The lowest BCUT2D eigenvalue weighted by Gasteiger charge is -2.29. The minimum absolute atomic E-state index is 0.227. The molecule has 7 nitrogen and oxygen atoms in total. The molecule has 1 heterocycles. The number of halogens is 3. The molecular weight excluding hydrogens is 335 g/mol. The number of hydrogen-bond acceptors (Lipinski definition) is 7. The second-order valence-electron chi connectivity index (χ2n) is 5.11. The molecule has 1 aliphatic rings. The normalized spacial score (nSPS) is 17.0. The van der Waals surface area contributed by atoms with Crippen molar-refractivity contribution in [1.29, 1.82) is 0 Å². The van der Waals surface area contributed by atoms with E-state index in [-0.39, 0.29) is 5.69 Å². The van der Waals surface area contributed by atoms with Crippen LogP contribution in [0.25, 0.3) is 0 Å². The van der Waals surface area contributed by atoms with E-state index in [0.717, 1.165) is 24.4 Å².